The Kier molecular flexibility index (Phi) is 22.9. The Balaban J connectivity index is 0.000000153. The van der Waals surface area contributed by atoms with Gasteiger partial charge in [0, 0.05) is 54.8 Å². The highest BCUT2D eigenvalue weighted by Crippen LogP contribution is 2.63. The second-order valence-corrected chi connectivity index (χ2v) is 34.3. The lowest BCUT2D eigenvalue weighted by Crippen LogP contribution is -2.71. The van der Waals surface area contributed by atoms with Crippen LogP contribution in [0.15, 0.2) is 0 Å². The van der Waals surface area contributed by atoms with Crippen molar-refractivity contribution >= 4 is 7.82 Å². The van der Waals surface area contributed by atoms with Crippen LogP contribution in [0.4, 0.5) is 0 Å². The van der Waals surface area contributed by atoms with E-state index in [0.717, 1.165) is 90.9 Å². The van der Waals surface area contributed by atoms with Gasteiger partial charge in [-0.2, -0.15) is 7.82 Å². The van der Waals surface area contributed by atoms with Crippen molar-refractivity contribution in [2.45, 2.75) is 250 Å². The van der Waals surface area contributed by atoms with Gasteiger partial charge in [0.15, 0.2) is 35.7 Å². The molecule has 0 aromatic rings. The highest BCUT2D eigenvalue weighted by atomic mass is 31.2. The van der Waals surface area contributed by atoms with Crippen LogP contribution in [0.3, 0.4) is 0 Å². The first-order chi connectivity index (χ1) is 41.4. The average Bonchev–Trinajstić information content (AvgIpc) is 1.72. The predicted octanol–water partition coefficient (Wildman–Crippen LogP) is 6.99. The van der Waals surface area contributed by atoms with Crippen molar-refractivity contribution in [3.05, 3.63) is 0 Å². The second-order valence-electron chi connectivity index (χ2n) is 33.5. The minimum atomic E-state index is -5.39. The van der Waals surface area contributed by atoms with E-state index in [0.29, 0.717) is 71.0 Å². The molecule has 15 rings (SSSR count). The molecule has 0 amide bonds. The third-order valence-corrected chi connectivity index (χ3v) is 23.3. The van der Waals surface area contributed by atoms with Gasteiger partial charge in [0.1, 0.15) is 18.7 Å². The van der Waals surface area contributed by atoms with Crippen molar-refractivity contribution in [3.8, 4) is 0 Å². The maximum absolute atomic E-state index is 8.55. The molecule has 3 spiro atoms. The van der Waals surface area contributed by atoms with E-state index in [1.54, 1.807) is 0 Å². The van der Waals surface area contributed by atoms with Crippen LogP contribution in [0.25, 0.3) is 0 Å². The number of rotatable bonds is 18. The number of phosphoric acid groups is 1. The lowest BCUT2D eigenvalue weighted by atomic mass is 9.58. The average molecular weight is 1290 g/mol. The molecule has 22 nitrogen and oxygen atoms in total. The van der Waals surface area contributed by atoms with Gasteiger partial charge in [0.05, 0.1) is 83.1 Å². The standard InChI is InChI=1S/3C22H41N2O4.H3O4P/c3*1-15-9-10-18-16(2)19(23-13-7-8-14-24(4,5)6)25-20-22(18)17(15)11-12-21(3,26-20)27-28-22;1-5(2,3)4/h3*15-20,23H,7-14H2,1-6H3;(H3,1,2,3,4)/q3*+1;/p-3/t3*15-,16-,17+,18+,19?,20-,21+,22-;/m111./s1. The maximum atomic E-state index is 8.55. The van der Waals surface area contributed by atoms with E-state index in [1.165, 1.54) is 77.4 Å². The van der Waals surface area contributed by atoms with E-state index >= 15 is 0 Å². The summed E-state index contributed by atoms with van der Waals surface area (Å²) in [7, 11) is 14.9. The van der Waals surface area contributed by atoms with E-state index in [4.69, 9.17) is 77.0 Å². The molecular weight excluding hydrogens is 1160 g/mol. The van der Waals surface area contributed by atoms with Crippen LogP contribution >= 0.6 is 7.82 Å². The number of nitrogens with one attached hydrogen (secondary N) is 3. The van der Waals surface area contributed by atoms with Crippen LogP contribution in [0.1, 0.15) is 178 Å². The van der Waals surface area contributed by atoms with Crippen LogP contribution in [0.2, 0.25) is 0 Å². The van der Waals surface area contributed by atoms with Crippen molar-refractivity contribution in [2.24, 2.45) is 71.0 Å². The first-order valence-electron chi connectivity index (χ1n) is 34.9. The van der Waals surface area contributed by atoms with Crippen LogP contribution in [0, 0.1) is 71.0 Å². The molecule has 15 aliphatic rings. The Morgan fingerprint density at radius 3 is 0.865 bits per heavy atom. The second kappa shape index (κ2) is 28.1. The predicted molar refractivity (Wildman–Crippen MR) is 328 cm³/mol. The van der Waals surface area contributed by atoms with Gasteiger partial charge in [-0.3, -0.25) is 16.0 Å². The summed E-state index contributed by atoms with van der Waals surface area (Å²) in [6, 6.07) is 0. The van der Waals surface area contributed by atoms with Gasteiger partial charge in [-0.1, -0.05) is 41.5 Å². The van der Waals surface area contributed by atoms with Crippen LogP contribution in [-0.2, 0) is 62.3 Å². The normalized spacial score (nSPS) is 46.2. The number of nitrogens with zero attached hydrogens (tertiary/aromatic N) is 3. The van der Waals surface area contributed by atoms with E-state index in [-0.39, 0.29) is 37.6 Å². The highest BCUT2D eigenvalue weighted by Gasteiger charge is 2.72. The molecule has 6 bridgehead atoms. The molecule has 3 unspecified atom stereocenters. The molecule has 0 radical (unpaired) electrons. The fraction of sp³-hybridized carbons (Fsp3) is 1.00. The van der Waals surface area contributed by atoms with E-state index in [1.807, 2.05) is 20.8 Å². The van der Waals surface area contributed by atoms with E-state index in [9.17, 15) is 0 Å². The molecule has 3 N–H and O–H groups in total. The molecule has 23 heteroatoms. The summed E-state index contributed by atoms with van der Waals surface area (Å²) >= 11 is 0. The topological polar surface area (TPSA) is 233 Å². The Labute approximate surface area is 535 Å². The number of hydrogen-bond donors (Lipinski definition) is 3. The molecule has 0 aromatic carbocycles. The van der Waals surface area contributed by atoms with Crippen LogP contribution in [-0.4, -0.2) is 188 Å². The third kappa shape index (κ3) is 16.4. The van der Waals surface area contributed by atoms with Gasteiger partial charge in [-0.15, -0.1) is 0 Å². The molecule has 12 heterocycles. The van der Waals surface area contributed by atoms with Crippen molar-refractivity contribution in [1.82, 2.24) is 16.0 Å². The van der Waals surface area contributed by atoms with Crippen LogP contribution < -0.4 is 30.6 Å². The summed E-state index contributed by atoms with van der Waals surface area (Å²) in [4.78, 5) is 61.9. The smallest absolute Gasteiger partial charge is 0.201 e. The molecule has 89 heavy (non-hydrogen) atoms. The van der Waals surface area contributed by atoms with Crippen molar-refractivity contribution < 1.29 is 90.4 Å². The lowest BCUT2D eigenvalue weighted by Gasteiger charge is -2.60. The molecule has 12 saturated heterocycles. The van der Waals surface area contributed by atoms with Gasteiger partial charge < -0.3 is 61.1 Å². The summed E-state index contributed by atoms with van der Waals surface area (Å²) in [5, 5.41) is 11.1. The van der Waals surface area contributed by atoms with Gasteiger partial charge in [-0.25, -0.2) is 29.3 Å². The van der Waals surface area contributed by atoms with Crippen molar-refractivity contribution in [3.63, 3.8) is 0 Å². The summed E-state index contributed by atoms with van der Waals surface area (Å²) in [6.45, 7) is 26.5. The Bertz CT molecular complexity index is 2110. The van der Waals surface area contributed by atoms with Gasteiger partial charge in [0.25, 0.3) is 0 Å². The van der Waals surface area contributed by atoms with E-state index < -0.39 is 42.0 Å². The maximum Gasteiger partial charge on any atom is 0.201 e. The van der Waals surface area contributed by atoms with Crippen molar-refractivity contribution in [1.29, 1.82) is 0 Å². The first kappa shape index (κ1) is 72.7. The molecule has 3 saturated carbocycles. The van der Waals surface area contributed by atoms with Gasteiger partial charge in [0.2, 0.25) is 17.4 Å². The lowest BCUT2D eigenvalue weighted by molar-refractivity contribution is -0.870. The van der Waals surface area contributed by atoms with E-state index in [2.05, 4.69) is 121 Å². The SMILES string of the molecule is C[C@@H]1CC[C@H]2[C@@H](C)C(NCCCC[N+](C)(C)C)O[C@@H]3O[C@]4(C)CC[C@@H]1[C@]32OO4.C[C@@H]1CC[C@H]2[C@@H](C)C(NCCCC[N+](C)(C)C)O[C@@H]3O[C@]4(C)CC[C@@H]1[C@]32OO4.C[C@@H]1CC[C@H]2[C@@H](C)C(NCCCC[N+](C)(C)C)O[C@@H]3O[C@]4(C)CC[C@@H]1[C@]32OO4.O=P([O-])([O-])[O-]. The Morgan fingerprint density at radius 2 is 0.629 bits per heavy atom. The van der Waals surface area contributed by atoms with Gasteiger partial charge in [-0.05, 0) is 172 Å². The summed E-state index contributed by atoms with van der Waals surface area (Å²) in [5.41, 5.74) is -1.35. The molecular formula is C66H123N6O16P. The third-order valence-electron chi connectivity index (χ3n) is 23.3. The zero-order valence-corrected chi connectivity index (χ0v) is 59.1. The molecule has 0 aromatic heterocycles. The number of unbranched alkanes of at least 4 members (excludes halogenated alkanes) is 3. The number of hydrogen-bond acceptors (Lipinski definition) is 19. The molecule has 3 aliphatic carbocycles. The minimum Gasteiger partial charge on any atom is -0.822 e. The summed E-state index contributed by atoms with van der Waals surface area (Å²) in [5.74, 6) is 3.42. The fourth-order valence-electron chi connectivity index (χ4n) is 18.3. The highest BCUT2D eigenvalue weighted by molar-refractivity contribution is 7.40. The van der Waals surface area contributed by atoms with Crippen molar-refractivity contribution in [2.75, 3.05) is 103 Å². The molecule has 15 fully saturated rings. The Hall–Kier alpha value is -0.610. The monoisotopic (exact) mass is 1290 g/mol. The Morgan fingerprint density at radius 1 is 0.382 bits per heavy atom. The summed E-state index contributed by atoms with van der Waals surface area (Å²) < 4.78 is 50.5. The number of quaternary nitrogens is 3. The quantitative estimate of drug-likeness (QED) is 0.0543. The minimum absolute atomic E-state index is 0.0188. The number of fused-ring (bicyclic) bond motifs is 6. The van der Waals surface area contributed by atoms with Gasteiger partial charge >= 0.3 is 0 Å². The molecule has 12 aliphatic heterocycles. The summed E-state index contributed by atoms with van der Waals surface area (Å²) in [6.07, 6.45) is 19.3. The molecule has 518 valence electrons. The molecule has 24 atom stereocenters. The zero-order valence-electron chi connectivity index (χ0n) is 58.2. The number of ether oxygens (including phenoxy) is 6. The first-order valence-corrected chi connectivity index (χ1v) is 36.3. The zero-order chi connectivity index (χ0) is 65.0. The largest absolute Gasteiger partial charge is 0.822 e. The fourth-order valence-corrected chi connectivity index (χ4v) is 18.3. The van der Waals surface area contributed by atoms with Crippen LogP contribution in [0.5, 0.6) is 0 Å².